The standard InChI is InChI=1S/C15H22N2OS/c1-2-15(6-3-7-15)9-17-12-8-11(16)14(19-12)13(18)10-4-5-10/h8,10,17H,2-7,9,16H2,1H3. The second-order valence-corrected chi connectivity index (χ2v) is 7.15. The summed E-state index contributed by atoms with van der Waals surface area (Å²) < 4.78 is 0. The minimum absolute atomic E-state index is 0.252. The average molecular weight is 278 g/mol. The van der Waals surface area contributed by atoms with Gasteiger partial charge in [-0.05, 0) is 43.6 Å². The molecule has 2 fully saturated rings. The lowest BCUT2D eigenvalue weighted by molar-refractivity contribution is 0.0972. The predicted molar refractivity (Wildman–Crippen MR) is 80.9 cm³/mol. The van der Waals surface area contributed by atoms with Gasteiger partial charge in [0.25, 0.3) is 0 Å². The van der Waals surface area contributed by atoms with Crippen molar-refractivity contribution in [2.24, 2.45) is 11.3 Å². The van der Waals surface area contributed by atoms with Crippen molar-refractivity contribution in [1.82, 2.24) is 0 Å². The van der Waals surface area contributed by atoms with Crippen LogP contribution in [0, 0.1) is 11.3 Å². The Morgan fingerprint density at radius 2 is 2.26 bits per heavy atom. The van der Waals surface area contributed by atoms with Crippen molar-refractivity contribution in [2.45, 2.75) is 45.4 Å². The first-order valence-electron chi connectivity index (χ1n) is 7.31. The van der Waals surface area contributed by atoms with Gasteiger partial charge < -0.3 is 11.1 Å². The van der Waals surface area contributed by atoms with Crippen molar-refractivity contribution in [3.8, 4) is 0 Å². The highest BCUT2D eigenvalue weighted by Gasteiger charge is 2.35. The molecule has 3 N–H and O–H groups in total. The number of ketones is 1. The van der Waals surface area contributed by atoms with Crippen molar-refractivity contribution in [3.05, 3.63) is 10.9 Å². The van der Waals surface area contributed by atoms with Gasteiger partial charge in [-0.25, -0.2) is 0 Å². The molecule has 2 saturated carbocycles. The molecule has 104 valence electrons. The molecular formula is C15H22N2OS. The quantitative estimate of drug-likeness (QED) is 0.776. The molecule has 3 rings (SSSR count). The Morgan fingerprint density at radius 1 is 1.53 bits per heavy atom. The van der Waals surface area contributed by atoms with Crippen molar-refractivity contribution in [3.63, 3.8) is 0 Å². The molecule has 3 nitrogen and oxygen atoms in total. The van der Waals surface area contributed by atoms with Crippen LogP contribution in [-0.4, -0.2) is 12.3 Å². The van der Waals surface area contributed by atoms with E-state index in [4.69, 9.17) is 5.73 Å². The summed E-state index contributed by atoms with van der Waals surface area (Å²) >= 11 is 1.54. The van der Waals surface area contributed by atoms with Gasteiger partial charge in [0.15, 0.2) is 5.78 Å². The molecule has 0 aliphatic heterocycles. The molecule has 0 radical (unpaired) electrons. The van der Waals surface area contributed by atoms with Crippen LogP contribution in [0.2, 0.25) is 0 Å². The molecule has 0 unspecified atom stereocenters. The van der Waals surface area contributed by atoms with Crippen LogP contribution in [0.4, 0.5) is 10.7 Å². The number of nitrogens with one attached hydrogen (secondary N) is 1. The van der Waals surface area contributed by atoms with Crippen LogP contribution >= 0.6 is 11.3 Å². The Morgan fingerprint density at radius 3 is 2.79 bits per heavy atom. The molecule has 0 amide bonds. The van der Waals surface area contributed by atoms with Gasteiger partial charge in [0.1, 0.15) is 0 Å². The maximum atomic E-state index is 12.1. The molecule has 4 heteroatoms. The van der Waals surface area contributed by atoms with E-state index in [0.29, 0.717) is 11.1 Å². The zero-order valence-corrected chi connectivity index (χ0v) is 12.3. The van der Waals surface area contributed by atoms with Gasteiger partial charge in [-0.1, -0.05) is 13.3 Å². The lowest BCUT2D eigenvalue weighted by Crippen LogP contribution is -2.35. The summed E-state index contributed by atoms with van der Waals surface area (Å²) in [7, 11) is 0. The summed E-state index contributed by atoms with van der Waals surface area (Å²) in [4.78, 5) is 12.8. The molecule has 19 heavy (non-hydrogen) atoms. The van der Waals surface area contributed by atoms with E-state index in [0.717, 1.165) is 29.3 Å². The van der Waals surface area contributed by atoms with Gasteiger partial charge in [0.05, 0.1) is 15.6 Å². The van der Waals surface area contributed by atoms with E-state index in [9.17, 15) is 4.79 Å². The molecule has 0 bridgehead atoms. The molecule has 1 heterocycles. The summed E-state index contributed by atoms with van der Waals surface area (Å²) in [6.07, 6.45) is 7.31. The van der Waals surface area contributed by atoms with E-state index < -0.39 is 0 Å². The first-order chi connectivity index (χ1) is 9.13. The van der Waals surface area contributed by atoms with Crippen LogP contribution in [0.25, 0.3) is 0 Å². The van der Waals surface area contributed by atoms with Crippen LogP contribution < -0.4 is 11.1 Å². The van der Waals surface area contributed by atoms with Crippen LogP contribution in [0.1, 0.15) is 55.1 Å². The summed E-state index contributed by atoms with van der Waals surface area (Å²) in [6, 6.07) is 1.93. The number of hydrogen-bond acceptors (Lipinski definition) is 4. The Hall–Kier alpha value is -1.03. The van der Waals surface area contributed by atoms with Gasteiger partial charge in [0.2, 0.25) is 0 Å². The Bertz CT molecular complexity index is 481. The van der Waals surface area contributed by atoms with E-state index >= 15 is 0 Å². The number of nitrogen functional groups attached to an aromatic ring is 1. The molecule has 1 aromatic rings. The lowest BCUT2D eigenvalue weighted by atomic mass is 9.67. The topological polar surface area (TPSA) is 55.1 Å². The van der Waals surface area contributed by atoms with Gasteiger partial charge in [-0.15, -0.1) is 11.3 Å². The number of nitrogens with two attached hydrogens (primary N) is 1. The summed E-state index contributed by atoms with van der Waals surface area (Å²) in [5, 5.41) is 4.56. The van der Waals surface area contributed by atoms with Crippen molar-refractivity contribution in [1.29, 1.82) is 0 Å². The molecule has 2 aliphatic carbocycles. The predicted octanol–water partition coefficient (Wildman–Crippen LogP) is 3.92. The van der Waals surface area contributed by atoms with Crippen molar-refractivity contribution in [2.75, 3.05) is 17.6 Å². The Labute approximate surface area is 118 Å². The third-order valence-electron chi connectivity index (χ3n) is 4.73. The summed E-state index contributed by atoms with van der Waals surface area (Å²) in [6.45, 7) is 3.28. The number of carbonyl (C=O) groups excluding carboxylic acids is 1. The normalized spacial score (nSPS) is 20.9. The van der Waals surface area contributed by atoms with Gasteiger partial charge in [0, 0.05) is 12.5 Å². The highest BCUT2D eigenvalue weighted by molar-refractivity contribution is 7.18. The number of rotatable bonds is 6. The van der Waals surface area contributed by atoms with Crippen LogP contribution in [-0.2, 0) is 0 Å². The molecular weight excluding hydrogens is 256 g/mol. The number of hydrogen-bond donors (Lipinski definition) is 2. The van der Waals surface area contributed by atoms with Crippen molar-refractivity contribution < 1.29 is 4.79 Å². The molecule has 0 spiro atoms. The molecule has 0 saturated heterocycles. The zero-order valence-electron chi connectivity index (χ0n) is 11.5. The number of thiophene rings is 1. The van der Waals surface area contributed by atoms with Gasteiger partial charge >= 0.3 is 0 Å². The monoisotopic (exact) mass is 278 g/mol. The molecule has 0 atom stereocenters. The Kier molecular flexibility index (Phi) is 3.29. The summed E-state index contributed by atoms with van der Waals surface area (Å²) in [5.74, 6) is 0.506. The highest BCUT2D eigenvalue weighted by atomic mass is 32.1. The second-order valence-electron chi connectivity index (χ2n) is 6.09. The first-order valence-corrected chi connectivity index (χ1v) is 8.12. The summed E-state index contributed by atoms with van der Waals surface area (Å²) in [5.41, 5.74) is 7.12. The third-order valence-corrected chi connectivity index (χ3v) is 5.86. The van der Waals surface area contributed by atoms with Crippen LogP contribution in [0.3, 0.4) is 0 Å². The molecule has 2 aliphatic rings. The SMILES string of the molecule is CCC1(CNc2cc(N)c(C(=O)C3CC3)s2)CCC1. The van der Waals surface area contributed by atoms with Crippen molar-refractivity contribution >= 4 is 27.8 Å². The fourth-order valence-corrected chi connectivity index (χ4v) is 3.82. The first kappa shape index (κ1) is 13.0. The number of anilines is 2. The molecule has 0 aromatic carbocycles. The lowest BCUT2D eigenvalue weighted by Gasteiger charge is -2.41. The largest absolute Gasteiger partial charge is 0.397 e. The minimum Gasteiger partial charge on any atom is -0.397 e. The maximum Gasteiger partial charge on any atom is 0.178 e. The van der Waals surface area contributed by atoms with Crippen LogP contribution in [0.5, 0.6) is 0 Å². The number of Topliss-reactive ketones (excluding diaryl/α,β-unsaturated/α-hetero) is 1. The zero-order chi connectivity index (χ0) is 13.5. The van der Waals surface area contributed by atoms with Crippen LogP contribution in [0.15, 0.2) is 6.07 Å². The van der Waals surface area contributed by atoms with Gasteiger partial charge in [-0.2, -0.15) is 0 Å². The van der Waals surface area contributed by atoms with E-state index in [1.54, 1.807) is 0 Å². The van der Waals surface area contributed by atoms with E-state index in [2.05, 4.69) is 12.2 Å². The minimum atomic E-state index is 0.252. The van der Waals surface area contributed by atoms with E-state index in [1.807, 2.05) is 6.07 Å². The second kappa shape index (κ2) is 4.82. The number of carbonyl (C=O) groups is 1. The maximum absolute atomic E-state index is 12.1. The van der Waals surface area contributed by atoms with E-state index in [1.165, 1.54) is 37.0 Å². The molecule has 1 aromatic heterocycles. The average Bonchev–Trinajstić information content (AvgIpc) is 3.12. The smallest absolute Gasteiger partial charge is 0.178 e. The fraction of sp³-hybridized carbons (Fsp3) is 0.667. The third kappa shape index (κ3) is 2.50. The Balaban J connectivity index is 1.65. The highest BCUT2D eigenvalue weighted by Crippen LogP contribution is 2.44. The fourth-order valence-electron chi connectivity index (χ4n) is 2.82. The van der Waals surface area contributed by atoms with E-state index in [-0.39, 0.29) is 11.7 Å². The van der Waals surface area contributed by atoms with Gasteiger partial charge in [-0.3, -0.25) is 4.79 Å².